The maximum Gasteiger partial charge on any atom is 0.336 e. The Balaban J connectivity index is 1.99. The SMILES string of the molecule is O=c1ccc2cc(S(=O)(=O)N3CCC(O)CC3)ccc2o1. The zero-order valence-corrected chi connectivity index (χ0v) is 12.0. The van der Waals surface area contributed by atoms with Crippen molar-refractivity contribution in [3.8, 4) is 0 Å². The number of hydrogen-bond donors (Lipinski definition) is 1. The number of rotatable bonds is 2. The zero-order chi connectivity index (χ0) is 15.0. The average Bonchev–Trinajstić information content (AvgIpc) is 2.47. The van der Waals surface area contributed by atoms with Crippen molar-refractivity contribution >= 4 is 21.0 Å². The van der Waals surface area contributed by atoms with E-state index in [2.05, 4.69) is 0 Å². The quantitative estimate of drug-likeness (QED) is 0.834. The first kappa shape index (κ1) is 14.2. The Bertz CT molecular complexity index is 819. The Labute approximate surface area is 121 Å². The van der Waals surface area contributed by atoms with E-state index in [4.69, 9.17) is 4.42 Å². The minimum Gasteiger partial charge on any atom is -0.423 e. The molecule has 7 heteroatoms. The van der Waals surface area contributed by atoms with Crippen molar-refractivity contribution in [2.45, 2.75) is 23.8 Å². The topological polar surface area (TPSA) is 87.8 Å². The summed E-state index contributed by atoms with van der Waals surface area (Å²) in [7, 11) is -3.58. The van der Waals surface area contributed by atoms with Gasteiger partial charge >= 0.3 is 5.63 Å². The molecule has 1 fully saturated rings. The van der Waals surface area contributed by atoms with E-state index in [9.17, 15) is 18.3 Å². The van der Waals surface area contributed by atoms with Crippen LogP contribution < -0.4 is 5.63 Å². The second-order valence-corrected chi connectivity index (χ2v) is 7.03. The Morgan fingerprint density at radius 2 is 1.86 bits per heavy atom. The largest absolute Gasteiger partial charge is 0.423 e. The summed E-state index contributed by atoms with van der Waals surface area (Å²) >= 11 is 0. The number of aliphatic hydroxyl groups is 1. The Morgan fingerprint density at radius 3 is 2.57 bits per heavy atom. The second-order valence-electron chi connectivity index (χ2n) is 5.09. The first-order valence-corrected chi connectivity index (χ1v) is 8.13. The summed E-state index contributed by atoms with van der Waals surface area (Å²) < 4.78 is 31.5. The highest BCUT2D eigenvalue weighted by Crippen LogP contribution is 2.23. The molecular formula is C14H15NO5S. The summed E-state index contributed by atoms with van der Waals surface area (Å²) in [6.45, 7) is 0.622. The summed E-state index contributed by atoms with van der Waals surface area (Å²) in [5, 5.41) is 10.0. The molecule has 0 spiro atoms. The minimum absolute atomic E-state index is 0.167. The molecule has 0 unspecified atom stereocenters. The van der Waals surface area contributed by atoms with Gasteiger partial charge in [-0.05, 0) is 37.1 Å². The maximum atomic E-state index is 12.6. The normalized spacial score (nSPS) is 18.1. The van der Waals surface area contributed by atoms with Crippen LogP contribution in [0, 0.1) is 0 Å². The third-order valence-corrected chi connectivity index (χ3v) is 5.55. The Hall–Kier alpha value is -1.70. The van der Waals surface area contributed by atoms with Crippen molar-refractivity contribution in [3.63, 3.8) is 0 Å². The fourth-order valence-electron chi connectivity index (χ4n) is 2.44. The minimum atomic E-state index is -3.58. The van der Waals surface area contributed by atoms with Gasteiger partial charge in [-0.15, -0.1) is 0 Å². The lowest BCUT2D eigenvalue weighted by Gasteiger charge is -2.28. The molecule has 1 aromatic heterocycles. The maximum absolute atomic E-state index is 12.6. The molecule has 1 aromatic carbocycles. The summed E-state index contributed by atoms with van der Waals surface area (Å²) in [5.74, 6) is 0. The van der Waals surface area contributed by atoms with E-state index in [0.717, 1.165) is 0 Å². The van der Waals surface area contributed by atoms with Gasteiger partial charge < -0.3 is 9.52 Å². The smallest absolute Gasteiger partial charge is 0.336 e. The lowest BCUT2D eigenvalue weighted by atomic mass is 10.1. The molecule has 2 aromatic rings. The van der Waals surface area contributed by atoms with Crippen LogP contribution in [0.15, 0.2) is 44.4 Å². The standard InChI is InChI=1S/C14H15NO5S/c16-11-5-7-15(8-6-11)21(18,19)12-2-3-13-10(9-12)1-4-14(17)20-13/h1-4,9,11,16H,5-8H2. The van der Waals surface area contributed by atoms with Gasteiger partial charge in [0.1, 0.15) is 5.58 Å². The molecule has 21 heavy (non-hydrogen) atoms. The molecule has 0 aliphatic carbocycles. The number of piperidine rings is 1. The van der Waals surface area contributed by atoms with Gasteiger partial charge in [-0.3, -0.25) is 0 Å². The lowest BCUT2D eigenvalue weighted by molar-refractivity contribution is 0.113. The van der Waals surface area contributed by atoms with Crippen LogP contribution in [0.3, 0.4) is 0 Å². The van der Waals surface area contributed by atoms with Gasteiger partial charge in [0.05, 0.1) is 11.0 Å². The first-order valence-electron chi connectivity index (χ1n) is 6.69. The van der Waals surface area contributed by atoms with Gasteiger partial charge in [-0.25, -0.2) is 13.2 Å². The van der Waals surface area contributed by atoms with Crippen molar-refractivity contribution in [1.29, 1.82) is 0 Å². The van der Waals surface area contributed by atoms with Crippen LogP contribution in [0.2, 0.25) is 0 Å². The van der Waals surface area contributed by atoms with Gasteiger partial charge in [0.2, 0.25) is 10.0 Å². The second kappa shape index (κ2) is 5.25. The van der Waals surface area contributed by atoms with Crippen molar-refractivity contribution in [3.05, 3.63) is 40.8 Å². The van der Waals surface area contributed by atoms with Crippen LogP contribution >= 0.6 is 0 Å². The highest BCUT2D eigenvalue weighted by molar-refractivity contribution is 7.89. The molecule has 0 atom stereocenters. The van der Waals surface area contributed by atoms with Crippen LogP contribution in [-0.4, -0.2) is 37.0 Å². The number of hydrogen-bond acceptors (Lipinski definition) is 5. The Kier molecular flexibility index (Phi) is 3.56. The van der Waals surface area contributed by atoms with Crippen molar-refractivity contribution < 1.29 is 17.9 Å². The van der Waals surface area contributed by atoms with Gasteiger partial charge in [0, 0.05) is 24.5 Å². The predicted octanol–water partition coefficient (Wildman–Crippen LogP) is 0.938. The van der Waals surface area contributed by atoms with Gasteiger partial charge in [0.15, 0.2) is 0 Å². The fourth-order valence-corrected chi connectivity index (χ4v) is 3.95. The monoisotopic (exact) mass is 309 g/mol. The number of aliphatic hydroxyl groups excluding tert-OH is 1. The van der Waals surface area contributed by atoms with Crippen molar-refractivity contribution in [2.75, 3.05) is 13.1 Å². The molecule has 1 saturated heterocycles. The first-order chi connectivity index (χ1) is 9.96. The summed E-state index contributed by atoms with van der Waals surface area (Å²) in [6, 6.07) is 7.23. The van der Waals surface area contributed by atoms with E-state index >= 15 is 0 Å². The number of benzene rings is 1. The van der Waals surface area contributed by atoms with Gasteiger partial charge in [-0.2, -0.15) is 4.31 Å². The van der Waals surface area contributed by atoms with E-state index in [0.29, 0.717) is 36.9 Å². The molecule has 0 radical (unpaired) electrons. The highest BCUT2D eigenvalue weighted by atomic mass is 32.2. The molecule has 0 saturated carbocycles. The summed E-state index contributed by atoms with van der Waals surface area (Å²) in [6.07, 6.45) is 0.464. The number of nitrogens with zero attached hydrogens (tertiary/aromatic N) is 1. The predicted molar refractivity (Wildman–Crippen MR) is 76.5 cm³/mol. The van der Waals surface area contributed by atoms with Gasteiger partial charge in [0.25, 0.3) is 0 Å². The van der Waals surface area contributed by atoms with Crippen LogP contribution in [0.4, 0.5) is 0 Å². The van der Waals surface area contributed by atoms with E-state index in [1.807, 2.05) is 0 Å². The van der Waals surface area contributed by atoms with Gasteiger partial charge in [-0.1, -0.05) is 0 Å². The van der Waals surface area contributed by atoms with E-state index in [-0.39, 0.29) is 4.90 Å². The molecule has 3 rings (SSSR count). The average molecular weight is 309 g/mol. The number of fused-ring (bicyclic) bond motifs is 1. The molecule has 1 N–H and O–H groups in total. The molecule has 0 amide bonds. The zero-order valence-electron chi connectivity index (χ0n) is 11.2. The van der Waals surface area contributed by atoms with Crippen LogP contribution in [0.1, 0.15) is 12.8 Å². The highest BCUT2D eigenvalue weighted by Gasteiger charge is 2.28. The molecule has 1 aliphatic heterocycles. The van der Waals surface area contributed by atoms with E-state index in [1.54, 1.807) is 6.07 Å². The van der Waals surface area contributed by atoms with Crippen molar-refractivity contribution in [1.82, 2.24) is 4.31 Å². The molecular weight excluding hydrogens is 294 g/mol. The van der Waals surface area contributed by atoms with Crippen molar-refractivity contribution in [2.24, 2.45) is 0 Å². The van der Waals surface area contributed by atoms with E-state index < -0.39 is 21.8 Å². The summed E-state index contributed by atoms with van der Waals surface area (Å²) in [4.78, 5) is 11.3. The third-order valence-electron chi connectivity index (χ3n) is 3.65. The van der Waals surface area contributed by atoms with Crippen LogP contribution in [0.25, 0.3) is 11.0 Å². The molecule has 2 heterocycles. The van der Waals surface area contributed by atoms with Crippen LogP contribution in [-0.2, 0) is 10.0 Å². The van der Waals surface area contributed by atoms with Crippen LogP contribution in [0.5, 0.6) is 0 Å². The molecule has 1 aliphatic rings. The fraction of sp³-hybridized carbons (Fsp3) is 0.357. The molecule has 6 nitrogen and oxygen atoms in total. The summed E-state index contributed by atoms with van der Waals surface area (Å²) in [5.41, 5.74) is -0.112. The molecule has 112 valence electrons. The molecule has 0 bridgehead atoms. The Morgan fingerprint density at radius 1 is 1.14 bits per heavy atom. The third kappa shape index (κ3) is 2.72. The lowest BCUT2D eigenvalue weighted by Crippen LogP contribution is -2.39. The number of sulfonamides is 1. The van der Waals surface area contributed by atoms with E-state index in [1.165, 1.54) is 28.6 Å².